The third-order valence-electron chi connectivity index (χ3n) is 2.25. The molecule has 20 heavy (non-hydrogen) atoms. The van der Waals surface area contributed by atoms with E-state index in [4.69, 9.17) is 9.15 Å². The van der Waals surface area contributed by atoms with Crippen LogP contribution < -0.4 is 0 Å². The van der Waals surface area contributed by atoms with Crippen molar-refractivity contribution in [1.82, 2.24) is 15.0 Å². The maximum absolute atomic E-state index is 11.6. The van der Waals surface area contributed by atoms with Crippen molar-refractivity contribution in [3.63, 3.8) is 0 Å². The second-order valence-corrected chi connectivity index (χ2v) is 5.70. The van der Waals surface area contributed by atoms with Gasteiger partial charge in [-0.25, -0.2) is 28.2 Å². The van der Waals surface area contributed by atoms with Crippen molar-refractivity contribution < 1.29 is 22.4 Å². The number of hydrogen-bond acceptors (Lipinski definition) is 8. The molecule has 0 aliphatic rings. The lowest BCUT2D eigenvalue weighted by Crippen LogP contribution is -2.06. The van der Waals surface area contributed by atoms with E-state index in [2.05, 4.69) is 15.0 Å². The molecule has 0 atom stereocenters. The third-order valence-corrected chi connectivity index (χ3v) is 3.27. The van der Waals surface area contributed by atoms with Gasteiger partial charge in [-0.15, -0.1) is 0 Å². The molecule has 0 saturated carbocycles. The molecule has 0 unspecified atom stereocenters. The molecule has 2 aromatic rings. The van der Waals surface area contributed by atoms with Crippen molar-refractivity contribution >= 4 is 15.8 Å². The normalized spacial score (nSPS) is 11.3. The molecule has 0 N–H and O–H groups in total. The lowest BCUT2D eigenvalue weighted by Gasteiger charge is -2.01. The van der Waals surface area contributed by atoms with Gasteiger partial charge in [-0.05, 0) is 6.92 Å². The zero-order valence-corrected chi connectivity index (χ0v) is 11.5. The highest BCUT2D eigenvalue weighted by molar-refractivity contribution is 7.90. The van der Waals surface area contributed by atoms with E-state index in [1.54, 1.807) is 6.92 Å². The van der Waals surface area contributed by atoms with Gasteiger partial charge in [0.25, 0.3) is 0 Å². The summed E-state index contributed by atoms with van der Waals surface area (Å²) in [5, 5.41) is -0.218. The molecular formula is C11H11N3O5S. The Morgan fingerprint density at radius 3 is 2.85 bits per heavy atom. The van der Waals surface area contributed by atoms with Gasteiger partial charge in [0.1, 0.15) is 12.6 Å². The van der Waals surface area contributed by atoms with Gasteiger partial charge in [-0.1, -0.05) is 0 Å². The number of oxazole rings is 1. The maximum Gasteiger partial charge on any atom is 0.360 e. The second-order valence-electron chi connectivity index (χ2n) is 3.77. The fourth-order valence-corrected chi connectivity index (χ4v) is 2.23. The molecule has 0 aliphatic heterocycles. The van der Waals surface area contributed by atoms with Crippen LogP contribution in [0.5, 0.6) is 0 Å². The van der Waals surface area contributed by atoms with Crippen LogP contribution in [0.1, 0.15) is 17.4 Å². The Labute approximate surface area is 114 Å². The molecule has 0 saturated heterocycles. The summed E-state index contributed by atoms with van der Waals surface area (Å²) >= 11 is 0. The lowest BCUT2D eigenvalue weighted by atomic mass is 10.3. The number of sulfone groups is 1. The Hall–Kier alpha value is -2.29. The third kappa shape index (κ3) is 2.82. The first-order valence-electron chi connectivity index (χ1n) is 5.56. The van der Waals surface area contributed by atoms with E-state index < -0.39 is 15.8 Å². The molecule has 0 aromatic carbocycles. The zero-order valence-electron chi connectivity index (χ0n) is 10.7. The largest absolute Gasteiger partial charge is 0.461 e. The SMILES string of the molecule is CCOC(=O)c1coc(-c2cncnc2S(C)(=O)=O)n1. The lowest BCUT2D eigenvalue weighted by molar-refractivity contribution is 0.0519. The molecule has 0 bridgehead atoms. The van der Waals surface area contributed by atoms with Crippen LogP contribution in [-0.4, -0.2) is 42.2 Å². The fraction of sp³-hybridized carbons (Fsp3) is 0.273. The van der Waals surface area contributed by atoms with Gasteiger partial charge in [0, 0.05) is 12.5 Å². The monoisotopic (exact) mass is 297 g/mol. The van der Waals surface area contributed by atoms with Crippen molar-refractivity contribution in [2.75, 3.05) is 12.9 Å². The van der Waals surface area contributed by atoms with Gasteiger partial charge in [0.05, 0.1) is 12.2 Å². The Morgan fingerprint density at radius 2 is 2.20 bits per heavy atom. The van der Waals surface area contributed by atoms with Crippen molar-refractivity contribution in [2.45, 2.75) is 11.9 Å². The summed E-state index contributed by atoms with van der Waals surface area (Å²) in [4.78, 5) is 22.8. The summed E-state index contributed by atoms with van der Waals surface area (Å²) in [7, 11) is -3.57. The predicted octanol–water partition coefficient (Wildman–Crippen LogP) is 0.712. The molecule has 0 amide bonds. The molecular weight excluding hydrogens is 286 g/mol. The van der Waals surface area contributed by atoms with Gasteiger partial charge in [-0.3, -0.25) is 0 Å². The molecule has 0 fully saturated rings. The van der Waals surface area contributed by atoms with E-state index in [1.807, 2.05) is 0 Å². The van der Waals surface area contributed by atoms with Gasteiger partial charge in [-0.2, -0.15) is 0 Å². The topological polar surface area (TPSA) is 112 Å². The molecule has 2 aromatic heterocycles. The van der Waals surface area contributed by atoms with Crippen molar-refractivity contribution in [2.24, 2.45) is 0 Å². The first-order chi connectivity index (χ1) is 9.43. The summed E-state index contributed by atoms with van der Waals surface area (Å²) in [5.41, 5.74) is 0.0377. The van der Waals surface area contributed by atoms with Gasteiger partial charge >= 0.3 is 5.97 Å². The van der Waals surface area contributed by atoms with Crippen LogP contribution in [0.4, 0.5) is 0 Å². The summed E-state index contributed by atoms with van der Waals surface area (Å²) in [6.45, 7) is 1.86. The van der Waals surface area contributed by atoms with E-state index in [1.165, 1.54) is 6.20 Å². The van der Waals surface area contributed by atoms with Crippen molar-refractivity contribution in [3.8, 4) is 11.5 Å². The van der Waals surface area contributed by atoms with Crippen LogP contribution >= 0.6 is 0 Å². The molecule has 0 aliphatic carbocycles. The number of carbonyl (C=O) groups is 1. The van der Waals surface area contributed by atoms with Crippen LogP contribution in [0.25, 0.3) is 11.5 Å². The van der Waals surface area contributed by atoms with E-state index in [0.717, 1.165) is 18.8 Å². The molecule has 106 valence electrons. The van der Waals surface area contributed by atoms with Crippen LogP contribution in [0.3, 0.4) is 0 Å². The number of aromatic nitrogens is 3. The Bertz CT molecular complexity index is 738. The number of ether oxygens (including phenoxy) is 1. The van der Waals surface area contributed by atoms with Crippen LogP contribution in [0, 0.1) is 0 Å². The van der Waals surface area contributed by atoms with Gasteiger partial charge in [0.2, 0.25) is 5.89 Å². The minimum Gasteiger partial charge on any atom is -0.461 e. The smallest absolute Gasteiger partial charge is 0.360 e. The van der Waals surface area contributed by atoms with Crippen LogP contribution in [0.15, 0.2) is 28.2 Å². The number of rotatable bonds is 4. The maximum atomic E-state index is 11.6. The number of nitrogens with zero attached hydrogens (tertiary/aromatic N) is 3. The summed E-state index contributed by atoms with van der Waals surface area (Å²) in [6, 6.07) is 0. The first-order valence-corrected chi connectivity index (χ1v) is 7.45. The predicted molar refractivity (Wildman–Crippen MR) is 66.6 cm³/mol. The zero-order chi connectivity index (χ0) is 14.8. The number of carbonyl (C=O) groups excluding carboxylic acids is 1. The fourth-order valence-electron chi connectivity index (χ4n) is 1.46. The minimum atomic E-state index is -3.57. The Balaban J connectivity index is 2.46. The van der Waals surface area contributed by atoms with Crippen molar-refractivity contribution in [3.05, 3.63) is 24.5 Å². The summed E-state index contributed by atoms with van der Waals surface area (Å²) in [6.07, 6.45) is 4.46. The first kappa shape index (κ1) is 14.1. The average Bonchev–Trinajstić information content (AvgIpc) is 2.87. The van der Waals surface area contributed by atoms with Crippen LogP contribution in [-0.2, 0) is 14.6 Å². The Morgan fingerprint density at radius 1 is 1.45 bits per heavy atom. The average molecular weight is 297 g/mol. The summed E-state index contributed by atoms with van der Waals surface area (Å²) in [5.74, 6) is -0.714. The quantitative estimate of drug-likeness (QED) is 0.599. The van der Waals surface area contributed by atoms with Crippen LogP contribution in [0.2, 0.25) is 0 Å². The Kier molecular flexibility index (Phi) is 3.79. The highest BCUT2D eigenvalue weighted by Gasteiger charge is 2.22. The van der Waals surface area contributed by atoms with E-state index in [-0.39, 0.29) is 28.8 Å². The highest BCUT2D eigenvalue weighted by atomic mass is 32.2. The molecule has 0 spiro atoms. The highest BCUT2D eigenvalue weighted by Crippen LogP contribution is 2.24. The van der Waals surface area contributed by atoms with Gasteiger partial charge in [0.15, 0.2) is 20.6 Å². The number of esters is 1. The molecule has 2 rings (SSSR count). The van der Waals surface area contributed by atoms with E-state index in [9.17, 15) is 13.2 Å². The molecule has 2 heterocycles. The van der Waals surface area contributed by atoms with E-state index in [0.29, 0.717) is 0 Å². The van der Waals surface area contributed by atoms with Crippen molar-refractivity contribution in [1.29, 1.82) is 0 Å². The van der Waals surface area contributed by atoms with Gasteiger partial charge < -0.3 is 9.15 Å². The summed E-state index contributed by atoms with van der Waals surface area (Å²) < 4.78 is 33.1. The molecule has 9 heteroatoms. The molecule has 0 radical (unpaired) electrons. The number of hydrogen-bond donors (Lipinski definition) is 0. The molecule has 8 nitrogen and oxygen atoms in total. The second kappa shape index (κ2) is 5.37. The minimum absolute atomic E-state index is 0.0508. The van der Waals surface area contributed by atoms with E-state index >= 15 is 0 Å². The standard InChI is InChI=1S/C11H11N3O5S/c1-3-18-11(15)8-5-19-9(14-8)7-4-12-6-13-10(7)20(2,16)17/h4-6H,3H2,1-2H3.